The van der Waals surface area contributed by atoms with Crippen molar-refractivity contribution in [3.63, 3.8) is 0 Å². The SMILES string of the molecule is COc1ccc(C(N)=S)cc1CN(CCO)C1CC1. The minimum Gasteiger partial charge on any atom is -0.496 e. The number of thiocarbonyl (C=S) groups is 1. The number of rotatable bonds is 7. The Morgan fingerprint density at radius 3 is 2.79 bits per heavy atom. The van der Waals surface area contributed by atoms with E-state index in [1.165, 1.54) is 12.8 Å². The van der Waals surface area contributed by atoms with Gasteiger partial charge in [0.1, 0.15) is 10.7 Å². The molecule has 1 aliphatic rings. The maximum absolute atomic E-state index is 9.15. The number of hydrogen-bond acceptors (Lipinski definition) is 4. The second-order valence-electron chi connectivity index (χ2n) is 4.82. The summed E-state index contributed by atoms with van der Waals surface area (Å²) in [5.41, 5.74) is 7.59. The van der Waals surface area contributed by atoms with Crippen molar-refractivity contribution in [1.82, 2.24) is 4.90 Å². The van der Waals surface area contributed by atoms with Crippen LogP contribution in [0.3, 0.4) is 0 Å². The van der Waals surface area contributed by atoms with E-state index in [1.807, 2.05) is 18.2 Å². The second kappa shape index (κ2) is 6.32. The Bertz CT molecular complexity index is 461. The van der Waals surface area contributed by atoms with Crippen LogP contribution in [0.4, 0.5) is 0 Å². The predicted octanol–water partition coefficient (Wildman–Crippen LogP) is 1.29. The first-order valence-corrected chi connectivity index (χ1v) is 6.88. The number of ether oxygens (including phenoxy) is 1. The first-order chi connectivity index (χ1) is 9.15. The summed E-state index contributed by atoms with van der Waals surface area (Å²) in [6.07, 6.45) is 2.41. The average molecular weight is 280 g/mol. The third-order valence-corrected chi connectivity index (χ3v) is 3.62. The molecular formula is C14H20N2O2S. The topological polar surface area (TPSA) is 58.7 Å². The van der Waals surface area contributed by atoms with Gasteiger partial charge in [0.15, 0.2) is 0 Å². The van der Waals surface area contributed by atoms with Crippen LogP contribution in [0.25, 0.3) is 0 Å². The molecule has 0 aliphatic heterocycles. The van der Waals surface area contributed by atoms with E-state index < -0.39 is 0 Å². The average Bonchev–Trinajstić information content (AvgIpc) is 3.22. The minimum absolute atomic E-state index is 0.174. The number of nitrogens with zero attached hydrogens (tertiary/aromatic N) is 1. The number of nitrogens with two attached hydrogens (primary N) is 1. The summed E-state index contributed by atoms with van der Waals surface area (Å²) < 4.78 is 5.39. The molecule has 0 amide bonds. The smallest absolute Gasteiger partial charge is 0.123 e. The molecule has 5 heteroatoms. The van der Waals surface area contributed by atoms with Gasteiger partial charge < -0.3 is 15.6 Å². The summed E-state index contributed by atoms with van der Waals surface area (Å²) in [5, 5.41) is 9.15. The zero-order chi connectivity index (χ0) is 13.8. The van der Waals surface area contributed by atoms with Gasteiger partial charge in [-0.2, -0.15) is 0 Å². The van der Waals surface area contributed by atoms with E-state index in [0.29, 0.717) is 17.6 Å². The van der Waals surface area contributed by atoms with Gasteiger partial charge in [-0.3, -0.25) is 4.90 Å². The van der Waals surface area contributed by atoms with Gasteiger partial charge in [-0.05, 0) is 31.0 Å². The summed E-state index contributed by atoms with van der Waals surface area (Å²) in [7, 11) is 1.66. The molecule has 1 aliphatic carbocycles. The van der Waals surface area contributed by atoms with E-state index in [-0.39, 0.29) is 6.61 Å². The summed E-state index contributed by atoms with van der Waals surface area (Å²) in [5.74, 6) is 0.837. The highest BCUT2D eigenvalue weighted by molar-refractivity contribution is 7.80. The van der Waals surface area contributed by atoms with E-state index in [1.54, 1.807) is 7.11 Å². The molecule has 0 saturated heterocycles. The van der Waals surface area contributed by atoms with Crippen molar-refractivity contribution < 1.29 is 9.84 Å². The number of benzene rings is 1. The molecule has 1 aromatic carbocycles. The molecule has 0 radical (unpaired) electrons. The van der Waals surface area contributed by atoms with Crippen molar-refractivity contribution in [2.45, 2.75) is 25.4 Å². The molecule has 0 bridgehead atoms. The lowest BCUT2D eigenvalue weighted by Crippen LogP contribution is -2.29. The molecule has 104 valence electrons. The van der Waals surface area contributed by atoms with Crippen LogP contribution in [0.1, 0.15) is 24.0 Å². The molecule has 3 N–H and O–H groups in total. The van der Waals surface area contributed by atoms with Gasteiger partial charge in [0, 0.05) is 30.3 Å². The van der Waals surface area contributed by atoms with Crippen molar-refractivity contribution in [2.24, 2.45) is 5.73 Å². The highest BCUT2D eigenvalue weighted by atomic mass is 32.1. The van der Waals surface area contributed by atoms with Gasteiger partial charge in [-0.15, -0.1) is 0 Å². The number of hydrogen-bond donors (Lipinski definition) is 2. The highest BCUT2D eigenvalue weighted by Gasteiger charge is 2.29. The van der Waals surface area contributed by atoms with Crippen LogP contribution in [0, 0.1) is 0 Å². The molecule has 1 fully saturated rings. The van der Waals surface area contributed by atoms with Crippen molar-refractivity contribution in [3.8, 4) is 5.75 Å². The largest absolute Gasteiger partial charge is 0.496 e. The van der Waals surface area contributed by atoms with Gasteiger partial charge in [-0.1, -0.05) is 12.2 Å². The summed E-state index contributed by atoms with van der Waals surface area (Å²) in [4.78, 5) is 2.67. The van der Waals surface area contributed by atoms with Crippen molar-refractivity contribution >= 4 is 17.2 Å². The fourth-order valence-electron chi connectivity index (χ4n) is 2.23. The molecule has 0 aromatic heterocycles. The molecule has 19 heavy (non-hydrogen) atoms. The number of methoxy groups -OCH3 is 1. The Labute approximate surface area is 119 Å². The van der Waals surface area contributed by atoms with Crippen molar-refractivity contribution in [1.29, 1.82) is 0 Å². The summed E-state index contributed by atoms with van der Waals surface area (Å²) in [6.45, 7) is 1.61. The fourth-order valence-corrected chi connectivity index (χ4v) is 2.36. The third-order valence-electron chi connectivity index (χ3n) is 3.39. The minimum atomic E-state index is 0.174. The molecule has 0 atom stereocenters. The fraction of sp³-hybridized carbons (Fsp3) is 0.500. The van der Waals surface area contributed by atoms with Crippen molar-refractivity contribution in [2.75, 3.05) is 20.3 Å². The van der Waals surface area contributed by atoms with Crippen LogP contribution in [0.2, 0.25) is 0 Å². The lowest BCUT2D eigenvalue weighted by atomic mass is 10.1. The molecule has 0 spiro atoms. The summed E-state index contributed by atoms with van der Waals surface area (Å²) >= 11 is 5.01. The highest BCUT2D eigenvalue weighted by Crippen LogP contribution is 2.30. The van der Waals surface area contributed by atoms with E-state index >= 15 is 0 Å². The quantitative estimate of drug-likeness (QED) is 0.737. The Kier molecular flexibility index (Phi) is 4.74. The lowest BCUT2D eigenvalue weighted by molar-refractivity contribution is 0.182. The van der Waals surface area contributed by atoms with Crippen LogP contribution in [-0.2, 0) is 6.54 Å². The van der Waals surface area contributed by atoms with Gasteiger partial charge in [0.2, 0.25) is 0 Å². The van der Waals surface area contributed by atoms with Crippen LogP contribution in [-0.4, -0.2) is 41.3 Å². The maximum atomic E-state index is 9.15. The first-order valence-electron chi connectivity index (χ1n) is 6.47. The molecule has 2 rings (SSSR count). The first kappa shape index (κ1) is 14.2. The van der Waals surface area contributed by atoms with Gasteiger partial charge in [0.25, 0.3) is 0 Å². The van der Waals surface area contributed by atoms with Gasteiger partial charge >= 0.3 is 0 Å². The third kappa shape index (κ3) is 3.65. The summed E-state index contributed by atoms with van der Waals surface area (Å²) in [6, 6.07) is 6.34. The van der Waals surface area contributed by atoms with E-state index in [9.17, 15) is 0 Å². The predicted molar refractivity (Wildman–Crippen MR) is 79.4 cm³/mol. The Morgan fingerprint density at radius 2 is 2.26 bits per heavy atom. The second-order valence-corrected chi connectivity index (χ2v) is 5.26. The monoisotopic (exact) mass is 280 g/mol. The maximum Gasteiger partial charge on any atom is 0.123 e. The van der Waals surface area contributed by atoms with Crippen molar-refractivity contribution in [3.05, 3.63) is 29.3 Å². The Balaban J connectivity index is 2.20. The lowest BCUT2D eigenvalue weighted by Gasteiger charge is -2.22. The van der Waals surface area contributed by atoms with Crippen LogP contribution in [0.5, 0.6) is 5.75 Å². The molecule has 0 heterocycles. The van der Waals surface area contributed by atoms with E-state index in [2.05, 4.69) is 4.90 Å². The molecule has 0 unspecified atom stereocenters. The van der Waals surface area contributed by atoms with Crippen LogP contribution in [0.15, 0.2) is 18.2 Å². The normalized spacial score (nSPS) is 14.7. The van der Waals surface area contributed by atoms with Gasteiger partial charge in [0.05, 0.1) is 13.7 Å². The zero-order valence-electron chi connectivity index (χ0n) is 11.1. The molecule has 1 aromatic rings. The molecular weight excluding hydrogens is 260 g/mol. The number of aliphatic hydroxyl groups is 1. The van der Waals surface area contributed by atoms with Crippen LogP contribution >= 0.6 is 12.2 Å². The zero-order valence-corrected chi connectivity index (χ0v) is 11.9. The van der Waals surface area contributed by atoms with E-state index in [4.69, 9.17) is 27.8 Å². The Morgan fingerprint density at radius 1 is 1.53 bits per heavy atom. The molecule has 4 nitrogen and oxygen atoms in total. The van der Waals surface area contributed by atoms with Gasteiger partial charge in [-0.25, -0.2) is 0 Å². The van der Waals surface area contributed by atoms with E-state index in [0.717, 1.165) is 23.4 Å². The standard InChI is InChI=1S/C14H20N2O2S/c1-18-13-5-2-10(14(15)19)8-11(13)9-16(6-7-17)12-3-4-12/h2,5,8,12,17H,3-4,6-7,9H2,1H3,(H2,15,19). The Hall–Kier alpha value is -1.17. The van der Waals surface area contributed by atoms with Crippen LogP contribution < -0.4 is 10.5 Å². The number of aliphatic hydroxyl groups excluding tert-OH is 1. The molecule has 1 saturated carbocycles.